The molecule has 0 aliphatic heterocycles. The predicted molar refractivity (Wildman–Crippen MR) is 121 cm³/mol. The van der Waals surface area contributed by atoms with E-state index >= 15 is 0 Å². The minimum absolute atomic E-state index is 0.146. The first-order valence-corrected chi connectivity index (χ1v) is 9.93. The number of anilines is 1. The summed E-state index contributed by atoms with van der Waals surface area (Å²) in [5.41, 5.74) is 4.08. The number of rotatable bonds is 7. The van der Waals surface area contributed by atoms with Gasteiger partial charge in [0, 0.05) is 18.2 Å². The number of hydrogen-bond donors (Lipinski definition) is 2. The molecule has 4 nitrogen and oxygen atoms in total. The van der Waals surface area contributed by atoms with Gasteiger partial charge in [0.2, 0.25) is 5.91 Å². The third kappa shape index (κ3) is 6.73. The topological polar surface area (TPSA) is 50.4 Å². The van der Waals surface area contributed by atoms with Crippen LogP contribution in [0.15, 0.2) is 78.9 Å². The molecule has 0 radical (unpaired) electrons. The first-order chi connectivity index (χ1) is 14.1. The van der Waals surface area contributed by atoms with E-state index in [0.717, 1.165) is 29.0 Å². The average Bonchev–Trinajstić information content (AvgIpc) is 2.71. The number of nitrogens with one attached hydrogen (secondary N) is 2. The minimum Gasteiger partial charge on any atom is -0.493 e. The predicted octanol–water partition coefficient (Wildman–Crippen LogP) is 4.67. The zero-order valence-electron chi connectivity index (χ0n) is 16.4. The van der Waals surface area contributed by atoms with Crippen molar-refractivity contribution < 1.29 is 9.53 Å². The van der Waals surface area contributed by atoms with Gasteiger partial charge in [-0.05, 0) is 48.0 Å². The molecule has 0 heterocycles. The van der Waals surface area contributed by atoms with E-state index in [1.807, 2.05) is 73.7 Å². The summed E-state index contributed by atoms with van der Waals surface area (Å²) in [5.74, 6) is 0.604. The Labute approximate surface area is 176 Å². The maximum atomic E-state index is 12.2. The number of carbonyl (C=O) groups is 1. The van der Waals surface area contributed by atoms with Gasteiger partial charge in [0.25, 0.3) is 0 Å². The molecule has 29 heavy (non-hydrogen) atoms. The molecule has 3 aromatic carbocycles. The van der Waals surface area contributed by atoms with E-state index in [1.165, 1.54) is 5.56 Å². The normalized spacial score (nSPS) is 10.2. The quantitative estimate of drug-likeness (QED) is 0.562. The van der Waals surface area contributed by atoms with Crippen LogP contribution in [-0.2, 0) is 17.6 Å². The molecule has 0 bridgehead atoms. The molecule has 148 valence electrons. The largest absolute Gasteiger partial charge is 0.493 e. The smallest absolute Gasteiger partial charge is 0.230 e. The first kappa shape index (κ1) is 20.6. The highest BCUT2D eigenvalue weighted by Crippen LogP contribution is 2.18. The molecule has 0 fully saturated rings. The van der Waals surface area contributed by atoms with Crippen molar-refractivity contribution in [1.29, 1.82) is 0 Å². The second-order valence-corrected chi connectivity index (χ2v) is 7.13. The van der Waals surface area contributed by atoms with E-state index in [2.05, 4.69) is 22.8 Å². The van der Waals surface area contributed by atoms with Crippen molar-refractivity contribution in [3.8, 4) is 5.75 Å². The Kier molecular flexibility index (Phi) is 7.36. The van der Waals surface area contributed by atoms with Gasteiger partial charge < -0.3 is 15.4 Å². The van der Waals surface area contributed by atoms with Crippen LogP contribution in [-0.4, -0.2) is 17.6 Å². The van der Waals surface area contributed by atoms with Crippen LogP contribution in [0.3, 0.4) is 0 Å². The van der Waals surface area contributed by atoms with Crippen molar-refractivity contribution in [3.05, 3.63) is 95.6 Å². The number of ether oxygens (including phenoxy) is 1. The Morgan fingerprint density at radius 2 is 1.72 bits per heavy atom. The summed E-state index contributed by atoms with van der Waals surface area (Å²) in [6.45, 7) is 2.58. The number of benzene rings is 3. The number of hydrogen-bond acceptors (Lipinski definition) is 3. The molecular weight excluding hydrogens is 380 g/mol. The lowest BCUT2D eigenvalue weighted by Crippen LogP contribution is -2.35. The lowest BCUT2D eigenvalue weighted by atomic mass is 10.1. The number of thiocarbonyl (C=S) groups is 1. The van der Waals surface area contributed by atoms with Gasteiger partial charge >= 0.3 is 0 Å². The second kappa shape index (κ2) is 10.4. The zero-order valence-corrected chi connectivity index (χ0v) is 17.2. The van der Waals surface area contributed by atoms with Gasteiger partial charge in [0.15, 0.2) is 5.11 Å². The fourth-order valence-corrected chi connectivity index (χ4v) is 3.14. The lowest BCUT2D eigenvalue weighted by molar-refractivity contribution is -0.119. The molecule has 0 unspecified atom stereocenters. The Morgan fingerprint density at radius 3 is 2.52 bits per heavy atom. The monoisotopic (exact) mass is 404 g/mol. The summed E-state index contributed by atoms with van der Waals surface area (Å²) in [6.07, 6.45) is 1.13. The van der Waals surface area contributed by atoms with E-state index < -0.39 is 0 Å². The number of aryl methyl sites for hydroxylation is 1. The highest BCUT2D eigenvalue weighted by atomic mass is 32.1. The average molecular weight is 405 g/mol. The van der Waals surface area contributed by atoms with Gasteiger partial charge in [0.1, 0.15) is 5.75 Å². The standard InChI is InChI=1S/C24H24N2O2S/c1-18-8-5-6-11-20(18)16-23(27)26-24(29)25-21-12-7-13-22(17-21)28-15-14-19-9-3-2-4-10-19/h2-13,17H,14-16H2,1H3,(H2,25,26,27,29). The molecule has 0 aliphatic carbocycles. The fourth-order valence-electron chi connectivity index (χ4n) is 2.91. The second-order valence-electron chi connectivity index (χ2n) is 6.72. The summed E-state index contributed by atoms with van der Waals surface area (Å²) < 4.78 is 5.83. The van der Waals surface area contributed by atoms with Crippen molar-refractivity contribution in [1.82, 2.24) is 5.32 Å². The van der Waals surface area contributed by atoms with E-state index in [1.54, 1.807) is 0 Å². The van der Waals surface area contributed by atoms with Crippen LogP contribution in [0.4, 0.5) is 5.69 Å². The third-order valence-corrected chi connectivity index (χ3v) is 4.66. The Hall–Kier alpha value is -3.18. The van der Waals surface area contributed by atoms with Crippen molar-refractivity contribution in [2.45, 2.75) is 19.8 Å². The molecule has 0 aromatic heterocycles. The molecule has 0 atom stereocenters. The SMILES string of the molecule is Cc1ccccc1CC(=O)NC(=S)Nc1cccc(OCCc2ccccc2)c1. The van der Waals surface area contributed by atoms with E-state index in [9.17, 15) is 4.79 Å². The van der Waals surface area contributed by atoms with Gasteiger partial charge in [-0.2, -0.15) is 0 Å². The van der Waals surface area contributed by atoms with Crippen LogP contribution in [0, 0.1) is 6.92 Å². The molecule has 0 saturated heterocycles. The van der Waals surface area contributed by atoms with Crippen LogP contribution >= 0.6 is 12.2 Å². The van der Waals surface area contributed by atoms with E-state index in [0.29, 0.717) is 6.61 Å². The van der Waals surface area contributed by atoms with Crippen LogP contribution in [0.1, 0.15) is 16.7 Å². The first-order valence-electron chi connectivity index (χ1n) is 9.52. The maximum absolute atomic E-state index is 12.2. The van der Waals surface area contributed by atoms with Crippen LogP contribution in [0.5, 0.6) is 5.75 Å². The van der Waals surface area contributed by atoms with Crippen LogP contribution in [0.25, 0.3) is 0 Å². The number of carbonyl (C=O) groups excluding carboxylic acids is 1. The summed E-state index contributed by atoms with van der Waals surface area (Å²) in [4.78, 5) is 12.2. The van der Waals surface area contributed by atoms with Crippen LogP contribution in [0.2, 0.25) is 0 Å². The summed E-state index contributed by atoms with van der Waals surface area (Å²) >= 11 is 5.27. The van der Waals surface area contributed by atoms with Crippen molar-refractivity contribution >= 4 is 28.9 Å². The molecular formula is C24H24N2O2S. The molecule has 3 rings (SSSR count). The maximum Gasteiger partial charge on any atom is 0.230 e. The molecule has 3 aromatic rings. The van der Waals surface area contributed by atoms with Gasteiger partial charge in [-0.15, -0.1) is 0 Å². The lowest BCUT2D eigenvalue weighted by Gasteiger charge is -2.12. The summed E-state index contributed by atoms with van der Waals surface area (Å²) in [5, 5.41) is 6.04. The Bertz CT molecular complexity index is 973. The molecule has 0 saturated carbocycles. The molecule has 0 spiro atoms. The van der Waals surface area contributed by atoms with Crippen LogP contribution < -0.4 is 15.4 Å². The van der Waals surface area contributed by atoms with Crippen molar-refractivity contribution in [2.24, 2.45) is 0 Å². The zero-order chi connectivity index (χ0) is 20.5. The highest BCUT2D eigenvalue weighted by Gasteiger charge is 2.08. The van der Waals surface area contributed by atoms with E-state index in [-0.39, 0.29) is 17.4 Å². The Balaban J connectivity index is 1.48. The van der Waals surface area contributed by atoms with Gasteiger partial charge in [-0.1, -0.05) is 60.7 Å². The molecule has 1 amide bonds. The summed E-state index contributed by atoms with van der Waals surface area (Å²) in [7, 11) is 0. The van der Waals surface area contributed by atoms with E-state index in [4.69, 9.17) is 17.0 Å². The van der Waals surface area contributed by atoms with Gasteiger partial charge in [-0.3, -0.25) is 4.79 Å². The highest BCUT2D eigenvalue weighted by molar-refractivity contribution is 7.80. The fraction of sp³-hybridized carbons (Fsp3) is 0.167. The Morgan fingerprint density at radius 1 is 0.966 bits per heavy atom. The molecule has 5 heteroatoms. The third-order valence-electron chi connectivity index (χ3n) is 4.46. The molecule has 2 N–H and O–H groups in total. The summed E-state index contributed by atoms with van der Waals surface area (Å²) in [6, 6.07) is 25.6. The van der Waals surface area contributed by atoms with Crippen molar-refractivity contribution in [3.63, 3.8) is 0 Å². The molecule has 0 aliphatic rings. The number of amides is 1. The minimum atomic E-state index is -0.146. The van der Waals surface area contributed by atoms with Gasteiger partial charge in [0.05, 0.1) is 13.0 Å². The van der Waals surface area contributed by atoms with Gasteiger partial charge in [-0.25, -0.2) is 0 Å². The van der Waals surface area contributed by atoms with Crippen molar-refractivity contribution in [2.75, 3.05) is 11.9 Å².